The monoisotopic (exact) mass is 399 g/mol. The highest BCUT2D eigenvalue weighted by Crippen LogP contribution is 2.31. The van der Waals surface area contributed by atoms with E-state index >= 15 is 0 Å². The fourth-order valence-corrected chi connectivity index (χ4v) is 3.55. The van der Waals surface area contributed by atoms with Crippen molar-refractivity contribution in [1.29, 1.82) is 0 Å². The molecule has 4 heteroatoms. The van der Waals surface area contributed by atoms with Crippen LogP contribution in [0.5, 0.6) is 11.5 Å². The Hall–Kier alpha value is -0.930. The van der Waals surface area contributed by atoms with E-state index in [1.165, 1.54) is 63.4 Å². The van der Waals surface area contributed by atoms with Crippen LogP contribution >= 0.6 is 12.4 Å². The van der Waals surface area contributed by atoms with Crippen LogP contribution in [0.2, 0.25) is 0 Å². The Morgan fingerprint density at radius 2 is 1.44 bits per heavy atom. The van der Waals surface area contributed by atoms with Gasteiger partial charge in [-0.05, 0) is 50.3 Å². The third-order valence-corrected chi connectivity index (χ3v) is 5.39. The maximum absolute atomic E-state index is 6.49. The van der Waals surface area contributed by atoms with Gasteiger partial charge in [0.15, 0.2) is 11.5 Å². The van der Waals surface area contributed by atoms with Gasteiger partial charge < -0.3 is 15.2 Å². The first-order chi connectivity index (χ1) is 12.4. The number of nitrogens with two attached hydrogens (primary N) is 1. The Labute approximate surface area is 173 Å². The molecule has 0 spiro atoms. The zero-order chi connectivity index (χ0) is 19.4. The van der Waals surface area contributed by atoms with Crippen molar-refractivity contribution in [3.8, 4) is 11.5 Å². The zero-order valence-corrected chi connectivity index (χ0v) is 19.0. The molecule has 27 heavy (non-hydrogen) atoms. The summed E-state index contributed by atoms with van der Waals surface area (Å²) in [6, 6.07) is 6.21. The SMILES string of the molecule is CCCCCCCCCCC(Cc1ccc(OC)c(OC)c1)C(C)(C)N.Cl. The fourth-order valence-electron chi connectivity index (χ4n) is 3.55. The van der Waals surface area contributed by atoms with E-state index in [4.69, 9.17) is 15.2 Å². The minimum absolute atomic E-state index is 0. The van der Waals surface area contributed by atoms with Gasteiger partial charge in [-0.15, -0.1) is 12.4 Å². The predicted octanol–water partition coefficient (Wildman–Crippen LogP) is 6.55. The van der Waals surface area contributed by atoms with E-state index in [0.717, 1.165) is 17.9 Å². The second-order valence-electron chi connectivity index (χ2n) is 8.18. The second-order valence-corrected chi connectivity index (χ2v) is 8.18. The molecule has 1 aromatic carbocycles. The number of halogens is 1. The molecule has 0 saturated heterocycles. The van der Waals surface area contributed by atoms with Gasteiger partial charge in [-0.25, -0.2) is 0 Å². The molecule has 3 nitrogen and oxygen atoms in total. The summed E-state index contributed by atoms with van der Waals surface area (Å²) in [7, 11) is 3.36. The summed E-state index contributed by atoms with van der Waals surface area (Å²) in [5.74, 6) is 2.05. The fraction of sp³-hybridized carbons (Fsp3) is 0.739. The zero-order valence-electron chi connectivity index (χ0n) is 18.2. The van der Waals surface area contributed by atoms with Gasteiger partial charge in [-0.3, -0.25) is 0 Å². The van der Waals surface area contributed by atoms with Crippen LogP contribution in [-0.2, 0) is 6.42 Å². The molecule has 0 amide bonds. The minimum Gasteiger partial charge on any atom is -0.493 e. The van der Waals surface area contributed by atoms with Gasteiger partial charge in [0.25, 0.3) is 0 Å². The first kappa shape index (κ1) is 26.1. The van der Waals surface area contributed by atoms with Crippen LogP contribution in [0, 0.1) is 5.92 Å². The van der Waals surface area contributed by atoms with Gasteiger partial charge in [0.1, 0.15) is 0 Å². The molecule has 0 bridgehead atoms. The molecule has 1 aromatic rings. The maximum Gasteiger partial charge on any atom is 0.160 e. The highest BCUT2D eigenvalue weighted by Gasteiger charge is 2.25. The molecule has 1 atom stereocenters. The molecule has 0 aromatic heterocycles. The minimum atomic E-state index is -0.172. The van der Waals surface area contributed by atoms with Crippen LogP contribution in [0.25, 0.3) is 0 Å². The summed E-state index contributed by atoms with van der Waals surface area (Å²) >= 11 is 0. The van der Waals surface area contributed by atoms with Gasteiger partial charge in [-0.1, -0.05) is 64.4 Å². The quantitative estimate of drug-likeness (QED) is 0.360. The van der Waals surface area contributed by atoms with E-state index in [0.29, 0.717) is 5.92 Å². The topological polar surface area (TPSA) is 44.5 Å². The van der Waals surface area contributed by atoms with Gasteiger partial charge in [0.05, 0.1) is 14.2 Å². The van der Waals surface area contributed by atoms with Crippen molar-refractivity contribution >= 4 is 12.4 Å². The van der Waals surface area contributed by atoms with Crippen molar-refractivity contribution in [2.45, 2.75) is 90.5 Å². The van der Waals surface area contributed by atoms with E-state index in [1.54, 1.807) is 14.2 Å². The smallest absolute Gasteiger partial charge is 0.160 e. The first-order valence-electron chi connectivity index (χ1n) is 10.4. The second kappa shape index (κ2) is 14.1. The predicted molar refractivity (Wildman–Crippen MR) is 119 cm³/mol. The summed E-state index contributed by atoms with van der Waals surface area (Å²) in [4.78, 5) is 0. The molecule has 0 saturated carbocycles. The van der Waals surface area contributed by atoms with Crippen LogP contribution in [0.1, 0.15) is 84.1 Å². The molecule has 158 valence electrons. The Morgan fingerprint density at radius 1 is 0.889 bits per heavy atom. The van der Waals surface area contributed by atoms with Crippen LogP contribution in [0.15, 0.2) is 18.2 Å². The summed E-state index contributed by atoms with van der Waals surface area (Å²) in [6.45, 7) is 6.58. The Bertz CT molecular complexity index is 500. The Morgan fingerprint density at radius 3 is 1.96 bits per heavy atom. The number of rotatable bonds is 14. The van der Waals surface area contributed by atoms with Crippen molar-refractivity contribution in [2.75, 3.05) is 14.2 Å². The highest BCUT2D eigenvalue weighted by molar-refractivity contribution is 5.85. The molecular formula is C23H42ClNO2. The molecule has 0 radical (unpaired) electrons. The molecule has 2 N–H and O–H groups in total. The Kier molecular flexibility index (Phi) is 13.6. The summed E-state index contributed by atoms with van der Waals surface area (Å²) in [5.41, 5.74) is 7.59. The van der Waals surface area contributed by atoms with Gasteiger partial charge in [-0.2, -0.15) is 0 Å². The number of hydrogen-bond donors (Lipinski definition) is 1. The molecule has 1 rings (SSSR count). The molecular weight excluding hydrogens is 358 g/mol. The summed E-state index contributed by atoms with van der Waals surface area (Å²) < 4.78 is 10.8. The first-order valence-corrected chi connectivity index (χ1v) is 10.4. The van der Waals surface area contributed by atoms with E-state index < -0.39 is 0 Å². The molecule has 0 fully saturated rings. The van der Waals surface area contributed by atoms with Gasteiger partial charge >= 0.3 is 0 Å². The standard InChI is InChI=1S/C23H41NO2.ClH/c1-6-7-8-9-10-11-12-13-14-20(23(2,3)24)17-19-15-16-21(25-4)22(18-19)26-5;/h15-16,18,20H,6-14,17,24H2,1-5H3;1H. The lowest BCUT2D eigenvalue weighted by Gasteiger charge is -2.31. The van der Waals surface area contributed by atoms with Crippen molar-refractivity contribution < 1.29 is 9.47 Å². The van der Waals surface area contributed by atoms with Crippen molar-refractivity contribution in [1.82, 2.24) is 0 Å². The van der Waals surface area contributed by atoms with E-state index in [9.17, 15) is 0 Å². The lowest BCUT2D eigenvalue weighted by molar-refractivity contribution is 0.289. The van der Waals surface area contributed by atoms with Crippen LogP contribution in [0.4, 0.5) is 0 Å². The lowest BCUT2D eigenvalue weighted by atomic mass is 9.80. The largest absolute Gasteiger partial charge is 0.493 e. The van der Waals surface area contributed by atoms with E-state index in [2.05, 4.69) is 32.9 Å². The lowest BCUT2D eigenvalue weighted by Crippen LogP contribution is -2.42. The third-order valence-electron chi connectivity index (χ3n) is 5.39. The number of ether oxygens (including phenoxy) is 2. The van der Waals surface area contributed by atoms with E-state index in [1.807, 2.05) is 6.07 Å². The van der Waals surface area contributed by atoms with Crippen LogP contribution in [-0.4, -0.2) is 19.8 Å². The number of hydrogen-bond acceptors (Lipinski definition) is 3. The summed E-state index contributed by atoms with van der Waals surface area (Å²) in [6.07, 6.45) is 13.0. The number of unbranched alkanes of at least 4 members (excludes halogenated alkanes) is 7. The van der Waals surface area contributed by atoms with Crippen molar-refractivity contribution in [2.24, 2.45) is 11.7 Å². The number of benzene rings is 1. The van der Waals surface area contributed by atoms with Gasteiger partial charge in [0, 0.05) is 5.54 Å². The molecule has 0 aliphatic rings. The average Bonchev–Trinajstić information content (AvgIpc) is 2.61. The average molecular weight is 400 g/mol. The van der Waals surface area contributed by atoms with Crippen molar-refractivity contribution in [3.63, 3.8) is 0 Å². The normalized spacial score (nSPS) is 12.4. The highest BCUT2D eigenvalue weighted by atomic mass is 35.5. The molecule has 1 unspecified atom stereocenters. The third kappa shape index (κ3) is 10.3. The van der Waals surface area contributed by atoms with Crippen molar-refractivity contribution in [3.05, 3.63) is 23.8 Å². The molecule has 0 aliphatic carbocycles. The number of methoxy groups -OCH3 is 2. The maximum atomic E-state index is 6.49. The van der Waals surface area contributed by atoms with E-state index in [-0.39, 0.29) is 17.9 Å². The Balaban J connectivity index is 0.00000676. The van der Waals surface area contributed by atoms with Gasteiger partial charge in [0.2, 0.25) is 0 Å². The van der Waals surface area contributed by atoms with Crippen LogP contribution < -0.4 is 15.2 Å². The molecule has 0 heterocycles. The summed E-state index contributed by atoms with van der Waals surface area (Å²) in [5, 5.41) is 0. The molecule has 0 aliphatic heterocycles. The van der Waals surface area contributed by atoms with Crippen LogP contribution in [0.3, 0.4) is 0 Å².